The molecule has 0 saturated carbocycles. The summed E-state index contributed by atoms with van der Waals surface area (Å²) in [6.45, 7) is -0.0714. The van der Waals surface area contributed by atoms with E-state index in [1.165, 1.54) is 12.3 Å². The van der Waals surface area contributed by atoms with E-state index in [0.717, 1.165) is 5.69 Å². The molecule has 3 rings (SSSR count). The van der Waals surface area contributed by atoms with Crippen LogP contribution < -0.4 is 10.2 Å². The zero-order valence-electron chi connectivity index (χ0n) is 15.7. The quantitative estimate of drug-likeness (QED) is 0.661. The fourth-order valence-electron chi connectivity index (χ4n) is 2.85. The molecule has 7 heteroatoms. The Kier molecular flexibility index (Phi) is 5.84. The van der Waals surface area contributed by atoms with Crippen molar-refractivity contribution in [1.82, 2.24) is 5.32 Å². The Labute approximate surface area is 164 Å². The van der Waals surface area contributed by atoms with Gasteiger partial charge >= 0.3 is 0 Å². The van der Waals surface area contributed by atoms with Crippen LogP contribution in [0.25, 0.3) is 0 Å². The molecule has 0 saturated heterocycles. The number of nitrogens with zero attached hydrogens (tertiary/aromatic N) is 1. The van der Waals surface area contributed by atoms with E-state index in [1.54, 1.807) is 48.5 Å². The van der Waals surface area contributed by atoms with E-state index in [-0.39, 0.29) is 17.2 Å². The van der Waals surface area contributed by atoms with Gasteiger partial charge in [-0.1, -0.05) is 30.3 Å². The van der Waals surface area contributed by atoms with Crippen molar-refractivity contribution in [2.75, 3.05) is 25.5 Å². The SMILES string of the molecule is CN(C)c1ccc([C@@H](CNC(=O)c2ccco2)S(=O)(=O)c2ccccc2)cc1. The lowest BCUT2D eigenvalue weighted by molar-refractivity contribution is 0.0926. The highest BCUT2D eigenvalue weighted by Crippen LogP contribution is 2.29. The Hall–Kier alpha value is -3.06. The first-order valence-electron chi connectivity index (χ1n) is 8.77. The third-order valence-electron chi connectivity index (χ3n) is 4.42. The van der Waals surface area contributed by atoms with Crippen LogP contribution in [0, 0.1) is 0 Å². The minimum absolute atomic E-state index is 0.0714. The van der Waals surface area contributed by atoms with Crippen LogP contribution in [-0.4, -0.2) is 35.0 Å². The van der Waals surface area contributed by atoms with Crippen LogP contribution in [0.15, 0.2) is 82.3 Å². The van der Waals surface area contributed by atoms with E-state index in [2.05, 4.69) is 5.32 Å². The second kappa shape index (κ2) is 8.31. The largest absolute Gasteiger partial charge is 0.459 e. The molecule has 2 aromatic carbocycles. The zero-order valence-corrected chi connectivity index (χ0v) is 16.5. The van der Waals surface area contributed by atoms with Crippen LogP contribution in [0.5, 0.6) is 0 Å². The standard InChI is InChI=1S/C21H22N2O4S/c1-23(2)17-12-10-16(11-13-17)20(15-22-21(24)19-9-6-14-27-19)28(25,26)18-7-4-3-5-8-18/h3-14,20H,15H2,1-2H3,(H,22,24)/t20-/m1/s1. The molecule has 1 heterocycles. The number of hydrogen-bond acceptors (Lipinski definition) is 5. The molecule has 0 fully saturated rings. The first-order valence-corrected chi connectivity index (χ1v) is 10.3. The van der Waals surface area contributed by atoms with Gasteiger partial charge in [-0.3, -0.25) is 4.79 Å². The Bertz CT molecular complexity index is 1010. The number of carbonyl (C=O) groups excluding carboxylic acids is 1. The van der Waals surface area contributed by atoms with Gasteiger partial charge in [0.05, 0.1) is 11.2 Å². The van der Waals surface area contributed by atoms with Crippen molar-refractivity contribution in [2.45, 2.75) is 10.1 Å². The van der Waals surface area contributed by atoms with Crippen molar-refractivity contribution in [3.63, 3.8) is 0 Å². The molecule has 1 N–H and O–H groups in total. The van der Waals surface area contributed by atoms with Crippen molar-refractivity contribution in [2.24, 2.45) is 0 Å². The highest BCUT2D eigenvalue weighted by Gasteiger charge is 2.30. The Balaban J connectivity index is 1.92. The number of anilines is 1. The maximum atomic E-state index is 13.3. The molecule has 0 unspecified atom stereocenters. The smallest absolute Gasteiger partial charge is 0.287 e. The molecule has 6 nitrogen and oxygen atoms in total. The summed E-state index contributed by atoms with van der Waals surface area (Å²) in [7, 11) is 0.116. The highest BCUT2D eigenvalue weighted by molar-refractivity contribution is 7.91. The van der Waals surface area contributed by atoms with Gasteiger partial charge < -0.3 is 14.6 Å². The molecular weight excluding hydrogens is 376 g/mol. The van der Waals surface area contributed by atoms with E-state index in [4.69, 9.17) is 4.42 Å². The van der Waals surface area contributed by atoms with Crippen molar-refractivity contribution in [1.29, 1.82) is 0 Å². The fourth-order valence-corrected chi connectivity index (χ4v) is 4.53. The van der Waals surface area contributed by atoms with Crippen LogP contribution in [-0.2, 0) is 9.84 Å². The number of hydrogen-bond donors (Lipinski definition) is 1. The first-order chi connectivity index (χ1) is 13.4. The number of amides is 1. The molecule has 0 aliphatic heterocycles. The number of furan rings is 1. The predicted octanol–water partition coefficient (Wildman–Crippen LogP) is 3.29. The maximum absolute atomic E-state index is 13.3. The third-order valence-corrected chi connectivity index (χ3v) is 6.54. The summed E-state index contributed by atoms with van der Waals surface area (Å²) in [5.74, 6) is -0.318. The Morgan fingerprint density at radius 1 is 1.00 bits per heavy atom. The van der Waals surface area contributed by atoms with E-state index in [0.29, 0.717) is 5.56 Å². The first kappa shape index (κ1) is 19.7. The summed E-state index contributed by atoms with van der Waals surface area (Å²) in [6, 6.07) is 18.7. The molecule has 1 aromatic heterocycles. The molecule has 28 heavy (non-hydrogen) atoms. The lowest BCUT2D eigenvalue weighted by Crippen LogP contribution is -2.31. The van der Waals surface area contributed by atoms with Crippen LogP contribution >= 0.6 is 0 Å². The van der Waals surface area contributed by atoms with Gasteiger partial charge in [-0.2, -0.15) is 0 Å². The second-order valence-corrected chi connectivity index (χ2v) is 8.65. The average Bonchev–Trinajstić information content (AvgIpc) is 3.24. The minimum atomic E-state index is -3.71. The van der Waals surface area contributed by atoms with Crippen molar-refractivity contribution >= 4 is 21.4 Å². The van der Waals surface area contributed by atoms with Gasteiger partial charge in [-0.15, -0.1) is 0 Å². The average molecular weight is 398 g/mol. The summed E-state index contributed by atoms with van der Waals surface area (Å²) in [6.07, 6.45) is 1.40. The molecular formula is C21H22N2O4S. The van der Waals surface area contributed by atoms with Crippen molar-refractivity contribution < 1.29 is 17.6 Å². The van der Waals surface area contributed by atoms with Gasteiger partial charge in [0.1, 0.15) is 5.25 Å². The molecule has 3 aromatic rings. The van der Waals surface area contributed by atoms with E-state index >= 15 is 0 Å². The van der Waals surface area contributed by atoms with Gasteiger partial charge in [0.2, 0.25) is 0 Å². The predicted molar refractivity (Wildman–Crippen MR) is 108 cm³/mol. The number of sulfone groups is 1. The molecule has 1 amide bonds. The summed E-state index contributed by atoms with van der Waals surface area (Å²) in [5, 5.41) is 1.75. The van der Waals surface area contributed by atoms with E-state index in [1.807, 2.05) is 31.1 Å². The van der Waals surface area contributed by atoms with Crippen LogP contribution in [0.1, 0.15) is 21.4 Å². The van der Waals surface area contributed by atoms with Gasteiger partial charge in [-0.25, -0.2) is 8.42 Å². The lowest BCUT2D eigenvalue weighted by atomic mass is 10.1. The van der Waals surface area contributed by atoms with E-state index in [9.17, 15) is 13.2 Å². The normalized spacial score (nSPS) is 12.4. The summed E-state index contributed by atoms with van der Waals surface area (Å²) >= 11 is 0. The van der Waals surface area contributed by atoms with Crippen LogP contribution in [0.4, 0.5) is 5.69 Å². The summed E-state index contributed by atoms with van der Waals surface area (Å²) in [4.78, 5) is 14.4. The molecule has 1 atom stereocenters. The van der Waals surface area contributed by atoms with Crippen LogP contribution in [0.3, 0.4) is 0 Å². The highest BCUT2D eigenvalue weighted by atomic mass is 32.2. The number of nitrogens with one attached hydrogen (secondary N) is 1. The zero-order chi connectivity index (χ0) is 20.1. The second-order valence-electron chi connectivity index (χ2n) is 6.52. The Morgan fingerprint density at radius 3 is 2.25 bits per heavy atom. The topological polar surface area (TPSA) is 79.6 Å². The van der Waals surface area contributed by atoms with Gasteiger partial charge in [0.25, 0.3) is 5.91 Å². The fraction of sp³-hybridized carbons (Fsp3) is 0.190. The number of rotatable bonds is 7. The third kappa shape index (κ3) is 4.26. The van der Waals surface area contributed by atoms with Gasteiger partial charge in [-0.05, 0) is 42.0 Å². The lowest BCUT2D eigenvalue weighted by Gasteiger charge is -2.20. The molecule has 0 aliphatic carbocycles. The molecule has 0 radical (unpaired) electrons. The summed E-state index contributed by atoms with van der Waals surface area (Å²) < 4.78 is 31.6. The van der Waals surface area contributed by atoms with Gasteiger partial charge in [0.15, 0.2) is 15.6 Å². The van der Waals surface area contributed by atoms with E-state index < -0.39 is 21.0 Å². The molecule has 0 aliphatic rings. The monoisotopic (exact) mass is 398 g/mol. The number of carbonyl (C=O) groups is 1. The van der Waals surface area contributed by atoms with Crippen molar-refractivity contribution in [3.8, 4) is 0 Å². The summed E-state index contributed by atoms with van der Waals surface area (Å²) in [5.41, 5.74) is 1.56. The molecule has 0 bridgehead atoms. The van der Waals surface area contributed by atoms with Crippen LogP contribution in [0.2, 0.25) is 0 Å². The van der Waals surface area contributed by atoms with Gasteiger partial charge in [0, 0.05) is 26.3 Å². The number of benzene rings is 2. The minimum Gasteiger partial charge on any atom is -0.459 e. The molecule has 146 valence electrons. The Morgan fingerprint density at radius 2 is 1.68 bits per heavy atom. The maximum Gasteiger partial charge on any atom is 0.287 e. The van der Waals surface area contributed by atoms with Crippen molar-refractivity contribution in [3.05, 3.63) is 84.3 Å². The molecule has 0 spiro atoms.